The van der Waals surface area contributed by atoms with Crippen molar-refractivity contribution in [3.8, 4) is 11.5 Å². The van der Waals surface area contributed by atoms with Crippen LogP contribution in [0.4, 0.5) is 0 Å². The predicted molar refractivity (Wildman–Crippen MR) is 70.0 cm³/mol. The smallest absolute Gasteiger partial charge is 0.261 e. The Morgan fingerprint density at radius 3 is 2.47 bits per heavy atom. The van der Waals surface area contributed by atoms with E-state index in [0.29, 0.717) is 13.0 Å². The van der Waals surface area contributed by atoms with E-state index in [-0.39, 0.29) is 6.10 Å². The minimum atomic E-state index is -3.67. The molecular formula is C12H18O6S. The van der Waals surface area contributed by atoms with E-state index < -0.39 is 10.1 Å². The van der Waals surface area contributed by atoms with Crippen molar-refractivity contribution in [2.45, 2.75) is 25.9 Å². The highest BCUT2D eigenvalue weighted by Gasteiger charge is 2.12. The fourth-order valence-electron chi connectivity index (χ4n) is 1.47. The molecule has 0 saturated heterocycles. The highest BCUT2D eigenvalue weighted by Crippen LogP contribution is 2.32. The zero-order chi connectivity index (χ0) is 14.5. The average molecular weight is 290 g/mol. The predicted octanol–water partition coefficient (Wildman–Crippen LogP) is 1.23. The molecule has 1 unspecified atom stereocenters. The summed E-state index contributed by atoms with van der Waals surface area (Å²) in [6.45, 7) is 2.11. The Balaban J connectivity index is 0.000000312. The van der Waals surface area contributed by atoms with Crippen molar-refractivity contribution >= 4 is 10.1 Å². The Morgan fingerprint density at radius 2 is 1.89 bits per heavy atom. The van der Waals surface area contributed by atoms with Crippen molar-refractivity contribution in [2.75, 3.05) is 13.0 Å². The van der Waals surface area contributed by atoms with E-state index in [0.717, 1.165) is 24.3 Å². The summed E-state index contributed by atoms with van der Waals surface area (Å²) in [6.07, 6.45) is 2.11. The van der Waals surface area contributed by atoms with Crippen LogP contribution >= 0.6 is 0 Å². The Morgan fingerprint density at radius 1 is 1.32 bits per heavy atom. The normalized spacial score (nSPS) is 14.5. The van der Waals surface area contributed by atoms with E-state index in [1.165, 1.54) is 5.56 Å². The average Bonchev–Trinajstić information content (AvgIpc) is 2.70. The van der Waals surface area contributed by atoms with E-state index in [2.05, 4.69) is 0 Å². The molecule has 0 aliphatic carbocycles. The summed E-state index contributed by atoms with van der Waals surface area (Å²) in [4.78, 5) is 0. The van der Waals surface area contributed by atoms with Crippen LogP contribution in [0.15, 0.2) is 18.2 Å². The molecule has 1 aromatic carbocycles. The highest BCUT2D eigenvalue weighted by molar-refractivity contribution is 7.85. The number of aryl methyl sites for hydroxylation is 1. The molecule has 0 aromatic heterocycles. The van der Waals surface area contributed by atoms with Crippen molar-refractivity contribution in [3.63, 3.8) is 0 Å². The molecule has 0 spiro atoms. The van der Waals surface area contributed by atoms with Gasteiger partial charge in [-0.15, -0.1) is 0 Å². The molecule has 6 nitrogen and oxygen atoms in total. The third kappa shape index (κ3) is 7.00. The van der Waals surface area contributed by atoms with Gasteiger partial charge in [-0.1, -0.05) is 6.07 Å². The molecular weight excluding hydrogens is 272 g/mol. The highest BCUT2D eigenvalue weighted by atomic mass is 32.2. The number of benzene rings is 1. The van der Waals surface area contributed by atoms with Crippen LogP contribution < -0.4 is 9.47 Å². The second-order valence-electron chi connectivity index (χ2n) is 4.31. The maximum absolute atomic E-state index is 9.19. The van der Waals surface area contributed by atoms with E-state index in [1.54, 1.807) is 6.92 Å². The standard InChI is InChI=1S/C11H14O3.CH4O3S/c1-8(12)2-3-9-4-5-10-11(6-9)14-7-13-10;1-5(2,3)4/h4-6,8,12H,2-3,7H2,1H3;1H3,(H,2,3,4). The molecule has 108 valence electrons. The monoisotopic (exact) mass is 290 g/mol. The van der Waals surface area contributed by atoms with Crippen LogP contribution in [0.2, 0.25) is 0 Å². The maximum atomic E-state index is 9.19. The number of hydrogen-bond donors (Lipinski definition) is 2. The molecule has 1 aliphatic rings. The van der Waals surface area contributed by atoms with Gasteiger partial charge in [0.05, 0.1) is 12.4 Å². The second-order valence-corrected chi connectivity index (χ2v) is 5.77. The van der Waals surface area contributed by atoms with Gasteiger partial charge < -0.3 is 14.6 Å². The van der Waals surface area contributed by atoms with Crippen LogP contribution in [-0.4, -0.2) is 37.2 Å². The summed E-state index contributed by atoms with van der Waals surface area (Å²) in [5, 5.41) is 9.15. The first-order chi connectivity index (χ1) is 8.75. The van der Waals surface area contributed by atoms with Gasteiger partial charge >= 0.3 is 0 Å². The van der Waals surface area contributed by atoms with Crippen molar-refractivity contribution in [1.29, 1.82) is 0 Å². The lowest BCUT2D eigenvalue weighted by atomic mass is 10.1. The van der Waals surface area contributed by atoms with Gasteiger partial charge in [-0.2, -0.15) is 8.42 Å². The van der Waals surface area contributed by atoms with Gasteiger partial charge in [-0.05, 0) is 37.5 Å². The molecule has 2 rings (SSSR count). The first-order valence-electron chi connectivity index (χ1n) is 5.75. The summed E-state index contributed by atoms with van der Waals surface area (Å²) in [7, 11) is -3.67. The lowest BCUT2D eigenvalue weighted by Gasteiger charge is -2.04. The molecule has 7 heteroatoms. The van der Waals surface area contributed by atoms with E-state index in [4.69, 9.17) is 19.1 Å². The third-order valence-corrected chi connectivity index (χ3v) is 2.29. The van der Waals surface area contributed by atoms with Crippen molar-refractivity contribution in [3.05, 3.63) is 23.8 Å². The second kappa shape index (κ2) is 6.74. The molecule has 0 saturated carbocycles. The summed E-state index contributed by atoms with van der Waals surface area (Å²) in [5.41, 5.74) is 1.18. The van der Waals surface area contributed by atoms with E-state index >= 15 is 0 Å². The van der Waals surface area contributed by atoms with Gasteiger partial charge in [0.15, 0.2) is 11.5 Å². The van der Waals surface area contributed by atoms with Crippen LogP contribution in [0.1, 0.15) is 18.9 Å². The van der Waals surface area contributed by atoms with Crippen LogP contribution in [0.3, 0.4) is 0 Å². The van der Waals surface area contributed by atoms with Crippen molar-refractivity contribution in [1.82, 2.24) is 0 Å². The van der Waals surface area contributed by atoms with Gasteiger partial charge in [-0.25, -0.2) is 0 Å². The minimum Gasteiger partial charge on any atom is -0.454 e. The Kier molecular flexibility index (Phi) is 5.59. The van der Waals surface area contributed by atoms with E-state index in [1.807, 2.05) is 18.2 Å². The van der Waals surface area contributed by atoms with Gasteiger partial charge in [-0.3, -0.25) is 4.55 Å². The topological polar surface area (TPSA) is 93.1 Å². The number of aliphatic hydroxyl groups is 1. The summed E-state index contributed by atoms with van der Waals surface area (Å²) in [6, 6.07) is 5.90. The third-order valence-electron chi connectivity index (χ3n) is 2.29. The van der Waals surface area contributed by atoms with Crippen LogP contribution in [0.5, 0.6) is 11.5 Å². The largest absolute Gasteiger partial charge is 0.454 e. The first-order valence-corrected chi connectivity index (χ1v) is 7.59. The van der Waals surface area contributed by atoms with Gasteiger partial charge in [0.2, 0.25) is 6.79 Å². The van der Waals surface area contributed by atoms with Crippen LogP contribution in [0.25, 0.3) is 0 Å². The quantitative estimate of drug-likeness (QED) is 0.813. The number of ether oxygens (including phenoxy) is 2. The molecule has 0 fully saturated rings. The molecule has 1 heterocycles. The number of hydrogen-bond acceptors (Lipinski definition) is 5. The van der Waals surface area contributed by atoms with Crippen LogP contribution in [0, 0.1) is 0 Å². The Bertz CT molecular complexity index is 501. The molecule has 19 heavy (non-hydrogen) atoms. The lowest BCUT2D eigenvalue weighted by molar-refractivity contribution is 0.173. The molecule has 0 bridgehead atoms. The summed E-state index contributed by atoms with van der Waals surface area (Å²) in [5.74, 6) is 1.62. The first kappa shape index (κ1) is 15.7. The minimum absolute atomic E-state index is 0.250. The molecule has 0 radical (unpaired) electrons. The van der Waals surface area contributed by atoms with E-state index in [9.17, 15) is 8.42 Å². The fourth-order valence-corrected chi connectivity index (χ4v) is 1.47. The van der Waals surface area contributed by atoms with Crippen molar-refractivity contribution in [2.24, 2.45) is 0 Å². The van der Waals surface area contributed by atoms with Gasteiger partial charge in [0, 0.05) is 0 Å². The van der Waals surface area contributed by atoms with Gasteiger partial charge in [0.25, 0.3) is 10.1 Å². The maximum Gasteiger partial charge on any atom is 0.261 e. The fraction of sp³-hybridized carbons (Fsp3) is 0.500. The Labute approximate surface area is 112 Å². The lowest BCUT2D eigenvalue weighted by Crippen LogP contribution is -2.01. The van der Waals surface area contributed by atoms with Crippen molar-refractivity contribution < 1.29 is 27.6 Å². The number of rotatable bonds is 3. The van der Waals surface area contributed by atoms with Gasteiger partial charge in [0.1, 0.15) is 0 Å². The zero-order valence-electron chi connectivity index (χ0n) is 10.9. The molecule has 1 aliphatic heterocycles. The molecule has 1 atom stereocenters. The number of aliphatic hydroxyl groups excluding tert-OH is 1. The molecule has 1 aromatic rings. The number of fused-ring (bicyclic) bond motifs is 1. The van der Waals surface area contributed by atoms with Crippen LogP contribution in [-0.2, 0) is 16.5 Å². The summed E-state index contributed by atoms with van der Waals surface area (Å²) >= 11 is 0. The Hall–Kier alpha value is -1.31. The SMILES string of the molecule is CC(O)CCc1ccc2c(c1)OCO2.CS(=O)(=O)O. The molecule has 0 amide bonds. The summed E-state index contributed by atoms with van der Waals surface area (Å²) < 4.78 is 36.3. The molecule has 2 N–H and O–H groups in total. The zero-order valence-corrected chi connectivity index (χ0v) is 11.7.